The molecule has 0 bridgehead atoms. The Bertz CT molecular complexity index is 179. The maximum absolute atomic E-state index is 2.12. The molecule has 0 amide bonds. The standard InChI is InChI=1S/C6H11N2.Al.2ClH/c1-3-8-5-4-7(2)6-8;;;/h4-6H,3H2,1-2H3;;2*1H/q+1;;;/p-1. The van der Waals surface area contributed by atoms with Gasteiger partial charge in [-0.3, -0.25) is 0 Å². The van der Waals surface area contributed by atoms with E-state index in [9.17, 15) is 0 Å². The molecule has 0 atom stereocenters. The molecule has 1 aromatic heterocycles. The third-order valence-corrected chi connectivity index (χ3v) is 1.19. The van der Waals surface area contributed by atoms with E-state index >= 15 is 0 Å². The van der Waals surface area contributed by atoms with Crippen molar-refractivity contribution in [3.63, 3.8) is 0 Å². The number of hydrogen-bond donors (Lipinski definition) is 0. The van der Waals surface area contributed by atoms with Crippen LogP contribution in [0.1, 0.15) is 6.92 Å². The minimum Gasteiger partial charge on any atom is -1.00 e. The molecule has 0 saturated carbocycles. The van der Waals surface area contributed by atoms with Crippen LogP contribution in [0.5, 0.6) is 0 Å². The number of halogens is 2. The lowest BCUT2D eigenvalue weighted by molar-refractivity contribution is -0.671. The van der Waals surface area contributed by atoms with Gasteiger partial charge in [-0.2, -0.15) is 0 Å². The van der Waals surface area contributed by atoms with Gasteiger partial charge in [-0.15, -0.1) is 12.4 Å². The molecule has 2 nitrogen and oxygen atoms in total. The Balaban J connectivity index is -0.000000213. The van der Waals surface area contributed by atoms with E-state index in [1.807, 2.05) is 17.8 Å². The molecule has 0 aliphatic heterocycles. The molecule has 0 fully saturated rings. The Morgan fingerprint density at radius 1 is 1.45 bits per heavy atom. The summed E-state index contributed by atoms with van der Waals surface area (Å²) >= 11 is 0. The van der Waals surface area contributed by atoms with Crippen molar-refractivity contribution in [2.24, 2.45) is 7.05 Å². The van der Waals surface area contributed by atoms with E-state index in [0.717, 1.165) is 6.54 Å². The molecule has 3 radical (unpaired) electrons. The topological polar surface area (TPSA) is 8.81 Å². The Morgan fingerprint density at radius 2 is 2.00 bits per heavy atom. The average molecular weight is 210 g/mol. The molecule has 63 valence electrons. The minimum atomic E-state index is 0. The second kappa shape index (κ2) is 8.42. The molecule has 0 N–H and O–H groups in total. The quantitative estimate of drug-likeness (QED) is 0.354. The Morgan fingerprint density at radius 3 is 2.18 bits per heavy atom. The summed E-state index contributed by atoms with van der Waals surface area (Å²) in [7, 11) is 2.02. The van der Waals surface area contributed by atoms with E-state index in [-0.39, 0.29) is 42.2 Å². The van der Waals surface area contributed by atoms with Gasteiger partial charge in [0.1, 0.15) is 12.4 Å². The van der Waals surface area contributed by atoms with Gasteiger partial charge in [0.05, 0.1) is 13.6 Å². The molecule has 1 aromatic rings. The van der Waals surface area contributed by atoms with Crippen LogP contribution in [0.4, 0.5) is 0 Å². The fourth-order valence-electron chi connectivity index (χ4n) is 0.689. The van der Waals surface area contributed by atoms with Crippen LogP contribution in [0.2, 0.25) is 0 Å². The molecule has 11 heavy (non-hydrogen) atoms. The minimum absolute atomic E-state index is 0. The highest BCUT2D eigenvalue weighted by Crippen LogP contribution is 1.79. The number of aromatic nitrogens is 2. The van der Waals surface area contributed by atoms with Gasteiger partial charge in [-0.25, -0.2) is 9.13 Å². The molecular formula is C6H12AlCl2N2. The zero-order valence-corrected chi connectivity index (χ0v) is 9.42. The molecule has 1 heterocycles. The molecule has 0 aliphatic carbocycles. The Kier molecular flexibility index (Phi) is 13.3. The zero-order valence-electron chi connectivity index (χ0n) is 6.70. The van der Waals surface area contributed by atoms with Gasteiger partial charge < -0.3 is 12.4 Å². The van der Waals surface area contributed by atoms with Crippen LogP contribution in [-0.2, 0) is 13.6 Å². The first kappa shape index (κ1) is 17.4. The lowest BCUT2D eigenvalue weighted by atomic mass is 10.7. The van der Waals surface area contributed by atoms with E-state index in [1.54, 1.807) is 0 Å². The van der Waals surface area contributed by atoms with E-state index in [0.29, 0.717) is 0 Å². The van der Waals surface area contributed by atoms with Crippen molar-refractivity contribution in [3.8, 4) is 0 Å². The predicted molar refractivity (Wildman–Crippen MR) is 44.3 cm³/mol. The first-order valence-corrected chi connectivity index (χ1v) is 2.84. The van der Waals surface area contributed by atoms with Gasteiger partial charge in [0, 0.05) is 17.4 Å². The van der Waals surface area contributed by atoms with E-state index in [1.165, 1.54) is 0 Å². The maximum Gasteiger partial charge on any atom is 0.243 e. The van der Waals surface area contributed by atoms with Gasteiger partial charge in [0.25, 0.3) is 0 Å². The van der Waals surface area contributed by atoms with Gasteiger partial charge in [-0.05, 0) is 6.92 Å². The predicted octanol–water partition coefficient (Wildman–Crippen LogP) is -2.62. The summed E-state index contributed by atoms with van der Waals surface area (Å²) in [6.07, 6.45) is 6.14. The van der Waals surface area contributed by atoms with Gasteiger partial charge in [-0.1, -0.05) is 0 Å². The number of imidazole rings is 1. The number of nitrogens with zero attached hydrogens (tertiary/aromatic N) is 2. The summed E-state index contributed by atoms with van der Waals surface area (Å²) < 4.78 is 4.16. The zero-order chi connectivity index (χ0) is 5.98. The van der Waals surface area contributed by atoms with Crippen molar-refractivity contribution < 1.29 is 17.0 Å². The third-order valence-electron chi connectivity index (χ3n) is 1.19. The second-order valence-corrected chi connectivity index (χ2v) is 1.91. The van der Waals surface area contributed by atoms with Crippen molar-refractivity contribution in [3.05, 3.63) is 18.7 Å². The van der Waals surface area contributed by atoms with Crippen molar-refractivity contribution >= 4 is 29.8 Å². The van der Waals surface area contributed by atoms with E-state index in [2.05, 4.69) is 24.0 Å². The first-order valence-electron chi connectivity index (χ1n) is 2.84. The molecule has 0 aromatic carbocycles. The normalized spacial score (nSPS) is 7.09. The van der Waals surface area contributed by atoms with Crippen LogP contribution < -0.4 is 17.0 Å². The monoisotopic (exact) mass is 209 g/mol. The van der Waals surface area contributed by atoms with E-state index in [4.69, 9.17) is 0 Å². The van der Waals surface area contributed by atoms with Crippen LogP contribution >= 0.6 is 12.4 Å². The van der Waals surface area contributed by atoms with Gasteiger partial charge in [0.2, 0.25) is 6.33 Å². The summed E-state index contributed by atoms with van der Waals surface area (Å²) in [5, 5.41) is 0. The largest absolute Gasteiger partial charge is 1.00 e. The fraction of sp³-hybridized carbons (Fsp3) is 0.500. The van der Waals surface area contributed by atoms with Crippen molar-refractivity contribution in [1.29, 1.82) is 0 Å². The Hall–Kier alpha value is 0.322. The number of hydrogen-bond acceptors (Lipinski definition) is 0. The van der Waals surface area contributed by atoms with Crippen molar-refractivity contribution in [2.75, 3.05) is 0 Å². The van der Waals surface area contributed by atoms with E-state index < -0.39 is 0 Å². The van der Waals surface area contributed by atoms with Crippen LogP contribution in [-0.4, -0.2) is 21.9 Å². The van der Waals surface area contributed by atoms with Crippen LogP contribution in [0.3, 0.4) is 0 Å². The molecule has 0 unspecified atom stereocenters. The molecule has 0 saturated heterocycles. The second-order valence-electron chi connectivity index (χ2n) is 1.91. The highest BCUT2D eigenvalue weighted by Gasteiger charge is 1.92. The lowest BCUT2D eigenvalue weighted by Gasteiger charge is -1.81. The third kappa shape index (κ3) is 5.58. The highest BCUT2D eigenvalue weighted by atomic mass is 35.5. The molecular weight excluding hydrogens is 198 g/mol. The lowest BCUT2D eigenvalue weighted by Crippen LogP contribution is -3.00. The molecule has 1 rings (SSSR count). The summed E-state index contributed by atoms with van der Waals surface area (Å²) in [6.45, 7) is 3.18. The highest BCUT2D eigenvalue weighted by molar-refractivity contribution is 5.85. The average Bonchev–Trinajstić information content (AvgIpc) is 2.14. The summed E-state index contributed by atoms with van der Waals surface area (Å²) in [5.74, 6) is 0. The number of rotatable bonds is 1. The van der Waals surface area contributed by atoms with Gasteiger partial charge >= 0.3 is 0 Å². The van der Waals surface area contributed by atoms with Crippen molar-refractivity contribution in [2.45, 2.75) is 13.5 Å². The van der Waals surface area contributed by atoms with Crippen molar-refractivity contribution in [1.82, 2.24) is 4.57 Å². The summed E-state index contributed by atoms with van der Waals surface area (Å²) in [5.41, 5.74) is 0. The Labute approximate surface area is 90.6 Å². The first-order chi connectivity index (χ1) is 3.83. The van der Waals surface area contributed by atoms with Crippen LogP contribution in [0, 0.1) is 0 Å². The maximum atomic E-state index is 2.12. The van der Waals surface area contributed by atoms with Gasteiger partial charge in [0.15, 0.2) is 0 Å². The van der Waals surface area contributed by atoms with Crippen LogP contribution in [0.15, 0.2) is 18.7 Å². The smallest absolute Gasteiger partial charge is 0.243 e. The molecule has 5 heteroatoms. The SMILES string of the molecule is CCn1cc[n+](C)c1.Cl.[Al].[Cl-]. The summed E-state index contributed by atoms with van der Waals surface area (Å²) in [6, 6.07) is 0. The fourth-order valence-corrected chi connectivity index (χ4v) is 0.689. The number of aryl methyl sites for hydroxylation is 2. The molecule has 0 spiro atoms. The summed E-state index contributed by atoms with van der Waals surface area (Å²) in [4.78, 5) is 0. The molecule has 0 aliphatic rings. The van der Waals surface area contributed by atoms with Crippen LogP contribution in [0.25, 0.3) is 0 Å².